The number of hydrogen-bond donors (Lipinski definition) is 1. The average Bonchev–Trinajstić information content (AvgIpc) is 3.18. The lowest BCUT2D eigenvalue weighted by Crippen LogP contribution is -2.42. The normalized spacial score (nSPS) is 12.3. The lowest BCUT2D eigenvalue weighted by atomic mass is 10.2. The van der Waals surface area contributed by atoms with Gasteiger partial charge in [0.2, 0.25) is 0 Å². The highest BCUT2D eigenvalue weighted by Crippen LogP contribution is 2.02. The first-order valence-electron chi connectivity index (χ1n) is 12.0. The van der Waals surface area contributed by atoms with Gasteiger partial charge in [0, 0.05) is 13.5 Å². The van der Waals surface area contributed by atoms with Crippen LogP contribution in [0.2, 0.25) is 0 Å². The van der Waals surface area contributed by atoms with Crippen LogP contribution < -0.4 is 16.1 Å². The fourth-order valence-electron chi connectivity index (χ4n) is 3.27. The number of aromatic amines is 1. The zero-order valence-corrected chi connectivity index (χ0v) is 20.2. The molecule has 0 bridgehead atoms. The quantitative estimate of drug-likeness (QED) is 0.306. The Bertz CT molecular complexity index is 1130. The number of nitrogens with one attached hydrogen (secondary N) is 1. The minimum atomic E-state index is -0.829. The third kappa shape index (κ3) is 9.21. The summed E-state index contributed by atoms with van der Waals surface area (Å²) in [4.78, 5) is 47.7. The molecular weight excluding hydrogens is 432 g/mol. The van der Waals surface area contributed by atoms with E-state index >= 15 is 0 Å². The van der Waals surface area contributed by atoms with Gasteiger partial charge >= 0.3 is 17.2 Å². The fourth-order valence-corrected chi connectivity index (χ4v) is 3.27. The lowest BCUT2D eigenvalue weighted by molar-refractivity contribution is -0.145. The second-order valence-electron chi connectivity index (χ2n) is 8.03. The number of fused-ring (bicyclic) bond motifs is 1. The molecule has 0 saturated heterocycles. The van der Waals surface area contributed by atoms with E-state index in [-0.39, 0.29) is 17.6 Å². The van der Waals surface area contributed by atoms with Crippen LogP contribution in [0.1, 0.15) is 71.1 Å². The molecule has 0 spiro atoms. The fraction of sp³-hybridized carbons (Fsp3) is 0.462. The summed E-state index contributed by atoms with van der Waals surface area (Å²) in [6.07, 6.45) is 27.7. The Hall–Kier alpha value is -3.42. The molecule has 0 atom stereocenters. The van der Waals surface area contributed by atoms with E-state index in [1.807, 2.05) is 6.08 Å². The maximum absolute atomic E-state index is 12.4. The average molecular weight is 469 g/mol. The number of nitrogens with zero attached hydrogens (tertiary/aromatic N) is 3. The highest BCUT2D eigenvalue weighted by Gasteiger charge is 2.15. The number of imidazole rings is 1. The number of aromatic nitrogens is 4. The largest absolute Gasteiger partial charge is 0.364 e. The molecule has 0 saturated carbocycles. The first-order chi connectivity index (χ1) is 16.5. The van der Waals surface area contributed by atoms with Crippen LogP contribution in [0.15, 0.2) is 64.5 Å². The Kier molecular flexibility index (Phi) is 12.2. The van der Waals surface area contributed by atoms with Gasteiger partial charge in [-0.05, 0) is 44.9 Å². The molecule has 2 aromatic rings. The van der Waals surface area contributed by atoms with Crippen LogP contribution >= 0.6 is 0 Å². The summed E-state index contributed by atoms with van der Waals surface area (Å²) in [5.74, 6) is -0.634. The Morgan fingerprint density at radius 2 is 1.53 bits per heavy atom. The molecule has 0 amide bonds. The van der Waals surface area contributed by atoms with Crippen LogP contribution in [0.4, 0.5) is 0 Å². The molecule has 0 radical (unpaired) electrons. The van der Waals surface area contributed by atoms with Crippen molar-refractivity contribution in [2.45, 2.75) is 71.1 Å². The molecule has 0 aliphatic heterocycles. The topological polar surface area (TPSA) is 99.0 Å². The minimum Gasteiger partial charge on any atom is -0.328 e. The summed E-state index contributed by atoms with van der Waals surface area (Å²) in [5.41, 5.74) is -1.23. The second-order valence-corrected chi connectivity index (χ2v) is 8.03. The maximum Gasteiger partial charge on any atom is 0.364 e. The van der Waals surface area contributed by atoms with Gasteiger partial charge in [0.05, 0.1) is 6.33 Å². The summed E-state index contributed by atoms with van der Waals surface area (Å²) < 4.78 is 1.91. The monoisotopic (exact) mass is 468 g/mol. The van der Waals surface area contributed by atoms with Crippen LogP contribution in [0.25, 0.3) is 11.2 Å². The van der Waals surface area contributed by atoms with E-state index in [2.05, 4.69) is 59.4 Å². The smallest absolute Gasteiger partial charge is 0.328 e. The van der Waals surface area contributed by atoms with Gasteiger partial charge in [-0.1, -0.05) is 73.1 Å². The zero-order valence-electron chi connectivity index (χ0n) is 20.2. The molecule has 2 heterocycles. The second kappa shape index (κ2) is 15.4. The number of rotatable bonds is 15. The van der Waals surface area contributed by atoms with Crippen LogP contribution in [0, 0.1) is 0 Å². The highest BCUT2D eigenvalue weighted by molar-refractivity contribution is 5.71. The number of carbonyl (C=O) groups is 1. The van der Waals surface area contributed by atoms with Crippen molar-refractivity contribution in [2.24, 2.45) is 7.05 Å². The third-order valence-electron chi connectivity index (χ3n) is 5.14. The van der Waals surface area contributed by atoms with Gasteiger partial charge in [-0.3, -0.25) is 9.78 Å². The molecular formula is C26H36N4O4. The van der Waals surface area contributed by atoms with Crippen molar-refractivity contribution in [2.75, 3.05) is 0 Å². The Morgan fingerprint density at radius 1 is 0.941 bits per heavy atom. The molecule has 2 aromatic heterocycles. The van der Waals surface area contributed by atoms with Gasteiger partial charge in [-0.2, -0.15) is 0 Å². The molecule has 184 valence electrons. The molecule has 34 heavy (non-hydrogen) atoms. The highest BCUT2D eigenvalue weighted by atomic mass is 16.7. The number of hydrogen-bond acceptors (Lipinski definition) is 5. The Balaban J connectivity index is 1.59. The molecule has 0 aliphatic carbocycles. The molecule has 8 nitrogen and oxygen atoms in total. The first-order valence-corrected chi connectivity index (χ1v) is 12.0. The number of allylic oxidation sites excluding steroid dienone is 8. The van der Waals surface area contributed by atoms with Gasteiger partial charge in [0.1, 0.15) is 0 Å². The van der Waals surface area contributed by atoms with Crippen molar-refractivity contribution in [3.8, 4) is 0 Å². The van der Waals surface area contributed by atoms with Crippen molar-refractivity contribution >= 4 is 17.1 Å². The van der Waals surface area contributed by atoms with Crippen LogP contribution in [-0.2, 0) is 11.8 Å². The molecule has 2 rings (SSSR count). The van der Waals surface area contributed by atoms with Crippen molar-refractivity contribution in [1.82, 2.24) is 19.3 Å². The van der Waals surface area contributed by atoms with E-state index in [9.17, 15) is 14.4 Å². The Morgan fingerprint density at radius 3 is 2.15 bits per heavy atom. The number of carbonyl (C=O) groups excluding carboxylic acids is 1. The molecule has 8 heteroatoms. The van der Waals surface area contributed by atoms with Gasteiger partial charge in [-0.15, -0.1) is 0 Å². The third-order valence-corrected chi connectivity index (χ3v) is 5.14. The number of unbranched alkanes of at least 4 members (excludes halogenated alkanes) is 4. The van der Waals surface area contributed by atoms with Gasteiger partial charge in [0.15, 0.2) is 11.2 Å². The Labute approximate surface area is 200 Å². The SMILES string of the molecule is CCCCC/C=C\C/C=C\C/C=C\C/C=C\CCCC(=O)On1c(=O)[nH]c2ncn(C)c2c1=O. The van der Waals surface area contributed by atoms with E-state index < -0.39 is 17.2 Å². The van der Waals surface area contributed by atoms with Crippen LogP contribution in [0.5, 0.6) is 0 Å². The molecule has 1 N–H and O–H groups in total. The van der Waals surface area contributed by atoms with E-state index in [1.54, 1.807) is 7.05 Å². The first kappa shape index (κ1) is 26.8. The van der Waals surface area contributed by atoms with Crippen molar-refractivity contribution in [3.63, 3.8) is 0 Å². The van der Waals surface area contributed by atoms with E-state index in [4.69, 9.17) is 4.84 Å². The van der Waals surface area contributed by atoms with Crippen molar-refractivity contribution < 1.29 is 9.63 Å². The summed E-state index contributed by atoms with van der Waals surface area (Å²) in [7, 11) is 1.62. The molecule has 0 aromatic carbocycles. The molecule has 0 aliphatic rings. The van der Waals surface area contributed by atoms with E-state index in [1.165, 1.54) is 36.6 Å². The van der Waals surface area contributed by atoms with Crippen LogP contribution in [-0.4, -0.2) is 25.2 Å². The number of H-pyrrole nitrogens is 1. The van der Waals surface area contributed by atoms with E-state index in [0.29, 0.717) is 17.6 Å². The standard InChI is InChI=1S/C26H36N4O4/c1-3-4-5-6-7-8-9-10-11-12-13-14-15-16-17-18-19-20-22(31)34-30-25(32)23-24(28-26(30)33)27-21-29(23)2/h7-8,10-11,13-14,16-17,21H,3-6,9,12,15,18-20H2,1-2H3,(H,28,33)/b8-7-,11-10-,14-13-,17-16-. The zero-order chi connectivity index (χ0) is 24.6. The van der Waals surface area contributed by atoms with Gasteiger partial charge in [-0.25, -0.2) is 14.6 Å². The predicted octanol–water partition coefficient (Wildman–Crippen LogP) is 4.52. The van der Waals surface area contributed by atoms with Gasteiger partial charge in [0.25, 0.3) is 0 Å². The van der Waals surface area contributed by atoms with Gasteiger partial charge < -0.3 is 9.40 Å². The molecule has 0 unspecified atom stereocenters. The number of aryl methyl sites for hydroxylation is 1. The summed E-state index contributed by atoms with van der Waals surface area (Å²) in [6, 6.07) is 0. The minimum absolute atomic E-state index is 0.104. The maximum atomic E-state index is 12.4. The summed E-state index contributed by atoms with van der Waals surface area (Å²) >= 11 is 0. The lowest BCUT2D eigenvalue weighted by Gasteiger charge is -2.05. The van der Waals surface area contributed by atoms with Crippen LogP contribution in [0.3, 0.4) is 0 Å². The predicted molar refractivity (Wildman–Crippen MR) is 136 cm³/mol. The summed E-state index contributed by atoms with van der Waals surface area (Å²) in [5, 5.41) is 0. The van der Waals surface area contributed by atoms with E-state index in [0.717, 1.165) is 19.3 Å². The molecule has 0 fully saturated rings. The van der Waals surface area contributed by atoms with Crippen molar-refractivity contribution in [3.05, 3.63) is 75.8 Å². The van der Waals surface area contributed by atoms with Crippen molar-refractivity contribution in [1.29, 1.82) is 0 Å². The summed E-state index contributed by atoms with van der Waals surface area (Å²) in [6.45, 7) is 2.22.